The molecule has 0 atom stereocenters. The van der Waals surface area contributed by atoms with Gasteiger partial charge in [-0.15, -0.1) is 0 Å². The average Bonchev–Trinajstić information content (AvgIpc) is 2.93. The molecule has 0 amide bonds. The summed E-state index contributed by atoms with van der Waals surface area (Å²) in [6.07, 6.45) is 0.932. The number of hydrogen-bond acceptors (Lipinski definition) is 3. The van der Waals surface area contributed by atoms with E-state index in [-0.39, 0.29) is 5.78 Å². The first-order chi connectivity index (χ1) is 10.1. The van der Waals surface area contributed by atoms with Crippen LogP contribution in [0.1, 0.15) is 28.4 Å². The SMILES string of the molecule is CC(=O)c1cccc(OCc2cc(Br)cc3c2OCC3)c1. The van der Waals surface area contributed by atoms with Crippen molar-refractivity contribution in [3.05, 3.63) is 57.6 Å². The Morgan fingerprint density at radius 1 is 1.33 bits per heavy atom. The zero-order valence-corrected chi connectivity index (χ0v) is 13.3. The van der Waals surface area contributed by atoms with Gasteiger partial charge in [0, 0.05) is 22.0 Å². The molecule has 0 aliphatic carbocycles. The zero-order valence-electron chi connectivity index (χ0n) is 11.7. The molecule has 108 valence electrons. The minimum absolute atomic E-state index is 0.0344. The monoisotopic (exact) mass is 346 g/mol. The van der Waals surface area contributed by atoms with E-state index in [9.17, 15) is 4.79 Å². The van der Waals surface area contributed by atoms with Gasteiger partial charge in [-0.2, -0.15) is 0 Å². The normalized spacial score (nSPS) is 12.7. The van der Waals surface area contributed by atoms with Crippen LogP contribution >= 0.6 is 15.9 Å². The van der Waals surface area contributed by atoms with Gasteiger partial charge in [-0.25, -0.2) is 0 Å². The van der Waals surface area contributed by atoms with Gasteiger partial charge < -0.3 is 9.47 Å². The highest BCUT2D eigenvalue weighted by Crippen LogP contribution is 2.33. The summed E-state index contributed by atoms with van der Waals surface area (Å²) in [4.78, 5) is 11.4. The zero-order chi connectivity index (χ0) is 14.8. The molecule has 4 heteroatoms. The summed E-state index contributed by atoms with van der Waals surface area (Å²) in [7, 11) is 0. The van der Waals surface area contributed by atoms with Crippen LogP contribution in [0.15, 0.2) is 40.9 Å². The number of Topliss-reactive ketones (excluding diaryl/α,β-unsaturated/α-hetero) is 1. The molecule has 21 heavy (non-hydrogen) atoms. The van der Waals surface area contributed by atoms with Crippen molar-refractivity contribution >= 4 is 21.7 Å². The second-order valence-electron chi connectivity index (χ2n) is 5.02. The molecule has 1 aliphatic rings. The summed E-state index contributed by atoms with van der Waals surface area (Å²) < 4.78 is 12.5. The van der Waals surface area contributed by atoms with Crippen molar-refractivity contribution < 1.29 is 14.3 Å². The minimum Gasteiger partial charge on any atom is -0.493 e. The summed E-state index contributed by atoms with van der Waals surface area (Å²) in [6, 6.07) is 11.3. The second-order valence-corrected chi connectivity index (χ2v) is 5.94. The average molecular weight is 347 g/mol. The molecule has 0 saturated carbocycles. The summed E-state index contributed by atoms with van der Waals surface area (Å²) in [5.74, 6) is 1.66. The number of rotatable bonds is 4. The van der Waals surface area contributed by atoms with Crippen molar-refractivity contribution in [3.8, 4) is 11.5 Å². The highest BCUT2D eigenvalue weighted by Gasteiger charge is 2.17. The molecule has 3 rings (SSSR count). The first-order valence-electron chi connectivity index (χ1n) is 6.81. The van der Waals surface area contributed by atoms with Crippen molar-refractivity contribution in [2.24, 2.45) is 0 Å². The lowest BCUT2D eigenvalue weighted by atomic mass is 10.1. The third-order valence-corrected chi connectivity index (χ3v) is 3.92. The fourth-order valence-electron chi connectivity index (χ4n) is 2.42. The standard InChI is InChI=1S/C17H15BrO3/c1-11(19)12-3-2-4-16(9-12)21-10-14-8-15(18)7-13-5-6-20-17(13)14/h2-4,7-9H,5-6,10H2,1H3. The fraction of sp³-hybridized carbons (Fsp3) is 0.235. The van der Waals surface area contributed by atoms with Crippen molar-refractivity contribution in [2.75, 3.05) is 6.61 Å². The van der Waals surface area contributed by atoms with Crippen molar-refractivity contribution in [1.29, 1.82) is 0 Å². The van der Waals surface area contributed by atoms with Crippen molar-refractivity contribution in [2.45, 2.75) is 20.0 Å². The molecular weight excluding hydrogens is 332 g/mol. The first-order valence-corrected chi connectivity index (χ1v) is 7.60. The third kappa shape index (κ3) is 3.10. The smallest absolute Gasteiger partial charge is 0.159 e. The largest absolute Gasteiger partial charge is 0.493 e. The maximum atomic E-state index is 11.4. The lowest BCUT2D eigenvalue weighted by Gasteiger charge is -2.11. The van der Waals surface area contributed by atoms with Crippen LogP contribution in [0.4, 0.5) is 0 Å². The first kappa shape index (κ1) is 14.1. The Bertz CT molecular complexity index is 694. The molecule has 1 heterocycles. The number of ether oxygens (including phenoxy) is 2. The second kappa shape index (κ2) is 5.90. The van der Waals surface area contributed by atoms with Crippen LogP contribution in [0.5, 0.6) is 11.5 Å². The minimum atomic E-state index is 0.0344. The molecule has 0 bridgehead atoms. The molecule has 0 fully saturated rings. The van der Waals surface area contributed by atoms with Gasteiger partial charge >= 0.3 is 0 Å². The highest BCUT2D eigenvalue weighted by molar-refractivity contribution is 9.10. The van der Waals surface area contributed by atoms with Crippen molar-refractivity contribution in [3.63, 3.8) is 0 Å². The van der Waals surface area contributed by atoms with Gasteiger partial charge in [0.1, 0.15) is 18.1 Å². The van der Waals surface area contributed by atoms with Gasteiger partial charge in [0.15, 0.2) is 5.78 Å². The van der Waals surface area contributed by atoms with Crippen LogP contribution in [0.3, 0.4) is 0 Å². The molecule has 0 aromatic heterocycles. The van der Waals surface area contributed by atoms with E-state index in [0.717, 1.165) is 28.8 Å². The Labute approximate surface area is 132 Å². The quantitative estimate of drug-likeness (QED) is 0.779. The maximum absolute atomic E-state index is 11.4. The van der Waals surface area contributed by atoms with E-state index in [1.807, 2.05) is 18.2 Å². The van der Waals surface area contributed by atoms with E-state index >= 15 is 0 Å². The van der Waals surface area contributed by atoms with Gasteiger partial charge in [0.25, 0.3) is 0 Å². The number of halogens is 1. The molecule has 1 aliphatic heterocycles. The Morgan fingerprint density at radius 2 is 2.19 bits per heavy atom. The number of carbonyl (C=O) groups excluding carboxylic acids is 1. The molecule has 0 saturated heterocycles. The lowest BCUT2D eigenvalue weighted by Crippen LogP contribution is -2.00. The van der Waals surface area contributed by atoms with E-state index < -0.39 is 0 Å². The van der Waals surface area contributed by atoms with Gasteiger partial charge in [-0.05, 0) is 36.8 Å². The predicted octanol–water partition coefficient (Wildman–Crippen LogP) is 4.17. The van der Waals surface area contributed by atoms with Gasteiger partial charge in [0.05, 0.1) is 6.61 Å². The molecule has 0 N–H and O–H groups in total. The van der Waals surface area contributed by atoms with Crippen LogP contribution in [0, 0.1) is 0 Å². The number of ketones is 1. The highest BCUT2D eigenvalue weighted by atomic mass is 79.9. The number of fused-ring (bicyclic) bond motifs is 1. The van der Waals surface area contributed by atoms with Crippen LogP contribution in [0.2, 0.25) is 0 Å². The van der Waals surface area contributed by atoms with E-state index in [1.54, 1.807) is 19.1 Å². The third-order valence-electron chi connectivity index (χ3n) is 3.46. The van der Waals surface area contributed by atoms with Crippen molar-refractivity contribution in [1.82, 2.24) is 0 Å². The van der Waals surface area contributed by atoms with E-state index in [0.29, 0.717) is 17.9 Å². The molecule has 0 spiro atoms. The van der Waals surface area contributed by atoms with Gasteiger partial charge in [0.2, 0.25) is 0 Å². The summed E-state index contributed by atoms with van der Waals surface area (Å²) >= 11 is 3.52. The van der Waals surface area contributed by atoms with E-state index in [2.05, 4.69) is 22.0 Å². The van der Waals surface area contributed by atoms with E-state index in [4.69, 9.17) is 9.47 Å². The number of carbonyl (C=O) groups is 1. The summed E-state index contributed by atoms with van der Waals surface area (Å²) in [6.45, 7) is 2.69. The molecule has 0 unspecified atom stereocenters. The number of benzene rings is 2. The Balaban J connectivity index is 1.79. The molecular formula is C17H15BrO3. The van der Waals surface area contributed by atoms with Crippen LogP contribution < -0.4 is 9.47 Å². The van der Waals surface area contributed by atoms with Crippen LogP contribution in [-0.4, -0.2) is 12.4 Å². The predicted molar refractivity (Wildman–Crippen MR) is 84.1 cm³/mol. The Kier molecular flexibility index (Phi) is 3.97. The molecule has 3 nitrogen and oxygen atoms in total. The molecule has 2 aromatic rings. The lowest BCUT2D eigenvalue weighted by molar-refractivity contribution is 0.101. The molecule has 0 radical (unpaired) electrons. The van der Waals surface area contributed by atoms with E-state index in [1.165, 1.54) is 5.56 Å². The Hall–Kier alpha value is -1.81. The fourth-order valence-corrected chi connectivity index (χ4v) is 2.97. The van der Waals surface area contributed by atoms with Gasteiger partial charge in [-0.3, -0.25) is 4.79 Å². The maximum Gasteiger partial charge on any atom is 0.159 e. The van der Waals surface area contributed by atoms with Crippen LogP contribution in [-0.2, 0) is 13.0 Å². The summed E-state index contributed by atoms with van der Waals surface area (Å²) in [5.41, 5.74) is 2.88. The Morgan fingerprint density at radius 3 is 3.00 bits per heavy atom. The molecule has 2 aromatic carbocycles. The summed E-state index contributed by atoms with van der Waals surface area (Å²) in [5, 5.41) is 0. The van der Waals surface area contributed by atoms with Gasteiger partial charge in [-0.1, -0.05) is 28.1 Å². The number of hydrogen-bond donors (Lipinski definition) is 0. The topological polar surface area (TPSA) is 35.5 Å². The van der Waals surface area contributed by atoms with Crippen LogP contribution in [0.25, 0.3) is 0 Å².